The van der Waals surface area contributed by atoms with Crippen LogP contribution in [-0.4, -0.2) is 22.4 Å². The summed E-state index contributed by atoms with van der Waals surface area (Å²) in [7, 11) is 0. The summed E-state index contributed by atoms with van der Waals surface area (Å²) in [4.78, 5) is 0. The third-order valence-corrected chi connectivity index (χ3v) is 2.18. The van der Waals surface area contributed by atoms with E-state index in [0.29, 0.717) is 6.42 Å². The SMILES string of the molecule is C=C[C@@H](O)C[C@H](O)CCCCCC. The zero-order chi connectivity index (χ0) is 10.1. The van der Waals surface area contributed by atoms with Gasteiger partial charge < -0.3 is 10.2 Å². The van der Waals surface area contributed by atoms with E-state index >= 15 is 0 Å². The van der Waals surface area contributed by atoms with Crippen LogP contribution in [0.15, 0.2) is 12.7 Å². The number of aliphatic hydroxyl groups excluding tert-OH is 2. The Labute approximate surface area is 81.3 Å². The molecule has 0 rings (SSSR count). The molecule has 13 heavy (non-hydrogen) atoms. The lowest BCUT2D eigenvalue weighted by molar-refractivity contribution is 0.0958. The van der Waals surface area contributed by atoms with Gasteiger partial charge in [0.1, 0.15) is 0 Å². The Morgan fingerprint density at radius 1 is 1.23 bits per heavy atom. The highest BCUT2D eigenvalue weighted by Gasteiger charge is 2.07. The minimum absolute atomic E-state index is 0.371. The predicted molar refractivity (Wildman–Crippen MR) is 55.6 cm³/mol. The van der Waals surface area contributed by atoms with E-state index in [2.05, 4.69) is 13.5 Å². The van der Waals surface area contributed by atoms with Crippen molar-refractivity contribution in [2.24, 2.45) is 0 Å². The van der Waals surface area contributed by atoms with Gasteiger partial charge in [0, 0.05) is 6.42 Å². The monoisotopic (exact) mass is 186 g/mol. The third-order valence-electron chi connectivity index (χ3n) is 2.18. The van der Waals surface area contributed by atoms with Crippen molar-refractivity contribution in [2.75, 3.05) is 0 Å². The van der Waals surface area contributed by atoms with Crippen molar-refractivity contribution >= 4 is 0 Å². The van der Waals surface area contributed by atoms with Crippen LogP contribution in [0.3, 0.4) is 0 Å². The molecule has 0 saturated carbocycles. The second-order valence-corrected chi connectivity index (χ2v) is 3.54. The topological polar surface area (TPSA) is 40.5 Å². The van der Waals surface area contributed by atoms with E-state index in [1.54, 1.807) is 0 Å². The summed E-state index contributed by atoms with van der Waals surface area (Å²) in [5, 5.41) is 18.6. The molecule has 78 valence electrons. The molecule has 0 heterocycles. The molecule has 0 aromatic rings. The van der Waals surface area contributed by atoms with Gasteiger partial charge in [0.05, 0.1) is 12.2 Å². The highest BCUT2D eigenvalue weighted by molar-refractivity contribution is 4.80. The maximum atomic E-state index is 9.44. The number of unbranched alkanes of at least 4 members (excludes halogenated alkanes) is 3. The standard InChI is InChI=1S/C11H22O2/c1-3-5-6-7-8-11(13)9-10(12)4-2/h4,10-13H,2-3,5-9H2,1H3/t10-,11-/m1/s1. The van der Waals surface area contributed by atoms with Gasteiger partial charge in [-0.15, -0.1) is 6.58 Å². The predicted octanol–water partition coefficient (Wildman–Crippen LogP) is 2.25. The quantitative estimate of drug-likeness (QED) is 0.451. The molecular formula is C11H22O2. The molecular weight excluding hydrogens is 164 g/mol. The smallest absolute Gasteiger partial charge is 0.0742 e. The Hall–Kier alpha value is -0.340. The fourth-order valence-electron chi connectivity index (χ4n) is 1.30. The minimum Gasteiger partial charge on any atom is -0.393 e. The molecule has 2 nitrogen and oxygen atoms in total. The molecule has 0 unspecified atom stereocenters. The average Bonchev–Trinajstić information content (AvgIpc) is 2.12. The van der Waals surface area contributed by atoms with E-state index in [9.17, 15) is 5.11 Å². The Bertz CT molecular complexity index is 123. The fourth-order valence-corrected chi connectivity index (χ4v) is 1.30. The van der Waals surface area contributed by atoms with E-state index in [-0.39, 0.29) is 6.10 Å². The summed E-state index contributed by atoms with van der Waals surface area (Å²) >= 11 is 0. The molecule has 0 aliphatic carbocycles. The van der Waals surface area contributed by atoms with Crippen molar-refractivity contribution in [3.8, 4) is 0 Å². The fraction of sp³-hybridized carbons (Fsp3) is 0.818. The zero-order valence-electron chi connectivity index (χ0n) is 8.58. The molecule has 0 aliphatic heterocycles. The van der Waals surface area contributed by atoms with Crippen molar-refractivity contribution in [3.05, 3.63) is 12.7 Å². The first kappa shape index (κ1) is 12.7. The molecule has 0 fully saturated rings. The second-order valence-electron chi connectivity index (χ2n) is 3.54. The Morgan fingerprint density at radius 2 is 1.92 bits per heavy atom. The van der Waals surface area contributed by atoms with Crippen LogP contribution in [0, 0.1) is 0 Å². The zero-order valence-corrected chi connectivity index (χ0v) is 8.58. The van der Waals surface area contributed by atoms with Crippen LogP contribution in [0.1, 0.15) is 45.4 Å². The summed E-state index contributed by atoms with van der Waals surface area (Å²) in [5.74, 6) is 0. The van der Waals surface area contributed by atoms with Gasteiger partial charge in [-0.1, -0.05) is 38.7 Å². The lowest BCUT2D eigenvalue weighted by atomic mass is 10.0. The molecule has 0 radical (unpaired) electrons. The van der Waals surface area contributed by atoms with E-state index in [4.69, 9.17) is 5.11 Å². The van der Waals surface area contributed by atoms with Crippen LogP contribution in [0.2, 0.25) is 0 Å². The van der Waals surface area contributed by atoms with Gasteiger partial charge in [-0.25, -0.2) is 0 Å². The van der Waals surface area contributed by atoms with Crippen molar-refractivity contribution < 1.29 is 10.2 Å². The number of rotatable bonds is 8. The van der Waals surface area contributed by atoms with Crippen molar-refractivity contribution in [1.82, 2.24) is 0 Å². The average molecular weight is 186 g/mol. The van der Waals surface area contributed by atoms with Gasteiger partial charge in [-0.3, -0.25) is 0 Å². The number of hydrogen-bond acceptors (Lipinski definition) is 2. The van der Waals surface area contributed by atoms with Gasteiger partial charge >= 0.3 is 0 Å². The molecule has 2 heteroatoms. The van der Waals surface area contributed by atoms with E-state index in [0.717, 1.165) is 12.8 Å². The first-order valence-corrected chi connectivity index (χ1v) is 5.19. The van der Waals surface area contributed by atoms with E-state index < -0.39 is 6.10 Å². The molecule has 0 saturated heterocycles. The second kappa shape index (κ2) is 8.27. The van der Waals surface area contributed by atoms with Crippen molar-refractivity contribution in [2.45, 2.75) is 57.7 Å². The van der Waals surface area contributed by atoms with Gasteiger partial charge in [0.2, 0.25) is 0 Å². The molecule has 2 atom stereocenters. The number of aliphatic hydroxyl groups is 2. The normalized spacial score (nSPS) is 15.3. The highest BCUT2D eigenvalue weighted by atomic mass is 16.3. The molecule has 0 bridgehead atoms. The third kappa shape index (κ3) is 8.00. The first-order valence-electron chi connectivity index (χ1n) is 5.19. The minimum atomic E-state index is -0.554. The van der Waals surface area contributed by atoms with Crippen LogP contribution in [0.4, 0.5) is 0 Å². The molecule has 0 aromatic carbocycles. The maximum absolute atomic E-state index is 9.44. The van der Waals surface area contributed by atoms with Gasteiger partial charge in [-0.05, 0) is 6.42 Å². The van der Waals surface area contributed by atoms with Crippen molar-refractivity contribution in [1.29, 1.82) is 0 Å². The molecule has 0 amide bonds. The number of hydrogen-bond donors (Lipinski definition) is 2. The van der Waals surface area contributed by atoms with Crippen LogP contribution >= 0.6 is 0 Å². The molecule has 0 aromatic heterocycles. The van der Waals surface area contributed by atoms with Crippen LogP contribution in [-0.2, 0) is 0 Å². The molecule has 2 N–H and O–H groups in total. The van der Waals surface area contributed by atoms with Gasteiger partial charge in [-0.2, -0.15) is 0 Å². The Kier molecular flexibility index (Phi) is 8.05. The summed E-state index contributed by atoms with van der Waals surface area (Å²) < 4.78 is 0. The van der Waals surface area contributed by atoms with E-state index in [1.807, 2.05) is 0 Å². The largest absolute Gasteiger partial charge is 0.393 e. The van der Waals surface area contributed by atoms with E-state index in [1.165, 1.54) is 25.3 Å². The van der Waals surface area contributed by atoms with Gasteiger partial charge in [0.15, 0.2) is 0 Å². The van der Waals surface area contributed by atoms with Crippen LogP contribution in [0.25, 0.3) is 0 Å². The Balaban J connectivity index is 3.29. The van der Waals surface area contributed by atoms with Gasteiger partial charge in [0.25, 0.3) is 0 Å². The summed E-state index contributed by atoms with van der Waals surface area (Å²) in [6, 6.07) is 0. The molecule has 0 spiro atoms. The van der Waals surface area contributed by atoms with Crippen LogP contribution in [0.5, 0.6) is 0 Å². The lowest BCUT2D eigenvalue weighted by Gasteiger charge is -2.12. The highest BCUT2D eigenvalue weighted by Crippen LogP contribution is 2.09. The molecule has 0 aliphatic rings. The maximum Gasteiger partial charge on any atom is 0.0742 e. The summed E-state index contributed by atoms with van der Waals surface area (Å²) in [6.45, 7) is 5.63. The summed E-state index contributed by atoms with van der Waals surface area (Å²) in [5.41, 5.74) is 0. The van der Waals surface area contributed by atoms with Crippen LogP contribution < -0.4 is 0 Å². The first-order chi connectivity index (χ1) is 6.20. The van der Waals surface area contributed by atoms with Crippen molar-refractivity contribution in [3.63, 3.8) is 0 Å². The Morgan fingerprint density at radius 3 is 2.46 bits per heavy atom. The lowest BCUT2D eigenvalue weighted by Crippen LogP contribution is -2.15. The summed E-state index contributed by atoms with van der Waals surface area (Å²) in [6.07, 6.45) is 6.44.